The fraction of sp³-hybridized carbons (Fsp3) is 0.450. The Morgan fingerprint density at radius 1 is 1.20 bits per heavy atom. The lowest BCUT2D eigenvalue weighted by atomic mass is 9.96. The van der Waals surface area contributed by atoms with Crippen molar-refractivity contribution in [2.45, 2.75) is 25.1 Å². The van der Waals surface area contributed by atoms with Crippen LogP contribution in [-0.2, 0) is 5.60 Å². The van der Waals surface area contributed by atoms with E-state index in [0.717, 1.165) is 11.8 Å². The van der Waals surface area contributed by atoms with E-state index >= 15 is 0 Å². The van der Waals surface area contributed by atoms with Gasteiger partial charge in [-0.3, -0.25) is 0 Å². The lowest BCUT2D eigenvalue weighted by Crippen LogP contribution is -2.52. The van der Waals surface area contributed by atoms with E-state index in [1.807, 2.05) is 18.2 Å². The van der Waals surface area contributed by atoms with Crippen molar-refractivity contribution >= 4 is 23.3 Å². The summed E-state index contributed by atoms with van der Waals surface area (Å²) < 4.78 is 45.4. The molecule has 0 unspecified atom stereocenters. The van der Waals surface area contributed by atoms with Crippen LogP contribution in [0.2, 0.25) is 5.02 Å². The predicted molar refractivity (Wildman–Crippen MR) is 107 cm³/mol. The van der Waals surface area contributed by atoms with Crippen LogP contribution in [0.4, 0.5) is 23.7 Å². The maximum Gasteiger partial charge on any atom is 0.424 e. The third-order valence-corrected chi connectivity index (χ3v) is 5.36. The molecular formula is C20H23ClF3N3O3. The van der Waals surface area contributed by atoms with E-state index in [9.17, 15) is 23.1 Å². The monoisotopic (exact) mass is 445 g/mol. The second-order valence-electron chi connectivity index (χ2n) is 7.20. The first kappa shape index (κ1) is 22.3. The Kier molecular flexibility index (Phi) is 6.52. The number of aryl methyl sites for hydroxylation is 1. The lowest BCUT2D eigenvalue weighted by Gasteiger charge is -2.36. The standard InChI is InChI=1S/C20H23ClF3N3O3/c1-14-5-6-17(30-14)19(29,20(22,23)24)7-8-25-18(28)27-11-9-26(10-12-27)16-4-2-3-15(21)13-16/h2-6,13,29H,7-12H2,1H3,(H,25,28)/t19-/m0/s1. The summed E-state index contributed by atoms with van der Waals surface area (Å²) >= 11 is 6.01. The minimum atomic E-state index is -4.94. The van der Waals surface area contributed by atoms with E-state index in [4.69, 9.17) is 16.0 Å². The average Bonchev–Trinajstić information content (AvgIpc) is 3.14. The van der Waals surface area contributed by atoms with Gasteiger partial charge in [-0.25, -0.2) is 4.79 Å². The van der Waals surface area contributed by atoms with Gasteiger partial charge in [0.15, 0.2) is 0 Å². The molecule has 0 spiro atoms. The Balaban J connectivity index is 1.53. The molecule has 1 saturated heterocycles. The van der Waals surface area contributed by atoms with Gasteiger partial charge in [0.05, 0.1) is 0 Å². The van der Waals surface area contributed by atoms with Gasteiger partial charge in [-0.05, 0) is 37.3 Å². The first-order valence-corrected chi connectivity index (χ1v) is 9.87. The number of piperazine rings is 1. The van der Waals surface area contributed by atoms with Crippen molar-refractivity contribution in [3.05, 3.63) is 52.9 Å². The molecule has 0 aliphatic carbocycles. The molecule has 1 aromatic carbocycles. The van der Waals surface area contributed by atoms with E-state index in [-0.39, 0.29) is 12.3 Å². The second kappa shape index (κ2) is 8.77. The van der Waals surface area contributed by atoms with Crippen molar-refractivity contribution in [1.29, 1.82) is 0 Å². The molecule has 1 aliphatic rings. The molecule has 3 rings (SSSR count). The Bertz CT molecular complexity index is 881. The van der Waals surface area contributed by atoms with Gasteiger partial charge < -0.3 is 24.6 Å². The molecule has 0 bridgehead atoms. The number of rotatable bonds is 5. The van der Waals surface area contributed by atoms with Gasteiger partial charge >= 0.3 is 12.2 Å². The zero-order valence-electron chi connectivity index (χ0n) is 16.4. The van der Waals surface area contributed by atoms with Gasteiger partial charge in [-0.15, -0.1) is 0 Å². The highest BCUT2D eigenvalue weighted by atomic mass is 35.5. The summed E-state index contributed by atoms with van der Waals surface area (Å²) in [6.45, 7) is 3.12. The molecule has 10 heteroatoms. The van der Waals surface area contributed by atoms with Crippen LogP contribution in [0, 0.1) is 6.92 Å². The summed E-state index contributed by atoms with van der Waals surface area (Å²) in [5, 5.41) is 13.3. The Morgan fingerprint density at radius 3 is 2.47 bits per heavy atom. The maximum atomic E-state index is 13.5. The summed E-state index contributed by atoms with van der Waals surface area (Å²) in [5.41, 5.74) is -2.22. The van der Waals surface area contributed by atoms with Gasteiger partial charge in [0, 0.05) is 49.9 Å². The maximum absolute atomic E-state index is 13.5. The number of nitrogens with zero attached hydrogens (tertiary/aromatic N) is 2. The molecule has 2 amide bonds. The number of benzene rings is 1. The van der Waals surface area contributed by atoms with E-state index in [1.54, 1.807) is 6.07 Å². The topological polar surface area (TPSA) is 69.0 Å². The molecule has 1 aliphatic heterocycles. The molecule has 6 nitrogen and oxygen atoms in total. The van der Waals surface area contributed by atoms with Crippen LogP contribution in [0.25, 0.3) is 0 Å². The smallest absolute Gasteiger partial charge is 0.424 e. The normalized spacial score (nSPS) is 17.0. The molecule has 30 heavy (non-hydrogen) atoms. The van der Waals surface area contributed by atoms with Crippen molar-refractivity contribution in [1.82, 2.24) is 10.2 Å². The molecule has 2 aromatic rings. The first-order chi connectivity index (χ1) is 14.1. The lowest BCUT2D eigenvalue weighted by molar-refractivity contribution is -0.274. The average molecular weight is 446 g/mol. The van der Waals surface area contributed by atoms with Crippen LogP contribution < -0.4 is 10.2 Å². The third kappa shape index (κ3) is 4.84. The summed E-state index contributed by atoms with van der Waals surface area (Å²) in [6.07, 6.45) is -5.69. The van der Waals surface area contributed by atoms with Gasteiger partial charge in [-0.1, -0.05) is 17.7 Å². The SMILES string of the molecule is Cc1ccc([C@@](O)(CCNC(=O)N2CCN(c3cccc(Cl)c3)CC2)C(F)(F)F)o1. The van der Waals surface area contributed by atoms with E-state index < -0.39 is 30.0 Å². The molecule has 2 heterocycles. The number of nitrogens with one attached hydrogen (secondary N) is 1. The minimum absolute atomic E-state index is 0.259. The van der Waals surface area contributed by atoms with Crippen molar-refractivity contribution in [2.75, 3.05) is 37.6 Å². The molecule has 0 radical (unpaired) electrons. The van der Waals surface area contributed by atoms with Crippen LogP contribution in [0.15, 0.2) is 40.8 Å². The fourth-order valence-electron chi connectivity index (χ4n) is 3.36. The number of carbonyl (C=O) groups excluding carboxylic acids is 1. The largest absolute Gasteiger partial charge is 0.463 e. The number of furan rings is 1. The van der Waals surface area contributed by atoms with E-state index in [1.165, 1.54) is 17.9 Å². The minimum Gasteiger partial charge on any atom is -0.463 e. The van der Waals surface area contributed by atoms with Crippen LogP contribution in [0.3, 0.4) is 0 Å². The number of halogens is 4. The highest BCUT2D eigenvalue weighted by Crippen LogP contribution is 2.42. The highest BCUT2D eigenvalue weighted by Gasteiger charge is 2.56. The van der Waals surface area contributed by atoms with E-state index in [0.29, 0.717) is 31.2 Å². The van der Waals surface area contributed by atoms with Crippen molar-refractivity contribution in [3.63, 3.8) is 0 Å². The Morgan fingerprint density at radius 2 is 1.90 bits per heavy atom. The molecular weight excluding hydrogens is 423 g/mol. The predicted octanol–water partition coefficient (Wildman–Crippen LogP) is 3.91. The first-order valence-electron chi connectivity index (χ1n) is 9.49. The van der Waals surface area contributed by atoms with Crippen molar-refractivity contribution < 1.29 is 27.5 Å². The van der Waals surface area contributed by atoms with Crippen LogP contribution >= 0.6 is 11.6 Å². The number of hydrogen-bond acceptors (Lipinski definition) is 4. The Hall–Kier alpha value is -2.39. The summed E-state index contributed by atoms with van der Waals surface area (Å²) in [4.78, 5) is 16.0. The summed E-state index contributed by atoms with van der Waals surface area (Å²) in [6, 6.07) is 9.37. The third-order valence-electron chi connectivity index (χ3n) is 5.12. The zero-order chi connectivity index (χ0) is 21.9. The molecule has 164 valence electrons. The molecule has 2 N–H and O–H groups in total. The van der Waals surface area contributed by atoms with Crippen LogP contribution in [0.1, 0.15) is 17.9 Å². The van der Waals surface area contributed by atoms with Gasteiger partial charge in [0.25, 0.3) is 0 Å². The molecule has 1 fully saturated rings. The Labute approximate surface area is 177 Å². The summed E-state index contributed by atoms with van der Waals surface area (Å²) in [7, 11) is 0. The van der Waals surface area contributed by atoms with Crippen LogP contribution in [0.5, 0.6) is 0 Å². The van der Waals surface area contributed by atoms with Crippen molar-refractivity contribution in [3.8, 4) is 0 Å². The summed E-state index contributed by atoms with van der Waals surface area (Å²) in [5.74, 6) is -0.328. The number of aliphatic hydroxyl groups is 1. The molecule has 1 aromatic heterocycles. The molecule has 1 atom stereocenters. The van der Waals surface area contributed by atoms with Gasteiger partial charge in [0.1, 0.15) is 11.5 Å². The number of urea groups is 1. The zero-order valence-corrected chi connectivity index (χ0v) is 17.1. The molecule has 0 saturated carbocycles. The number of amides is 2. The van der Waals surface area contributed by atoms with Crippen LogP contribution in [-0.4, -0.2) is 54.9 Å². The number of carbonyl (C=O) groups is 1. The number of anilines is 1. The van der Waals surface area contributed by atoms with Crippen molar-refractivity contribution in [2.24, 2.45) is 0 Å². The van der Waals surface area contributed by atoms with E-state index in [2.05, 4.69) is 10.2 Å². The number of hydrogen-bond donors (Lipinski definition) is 2. The second-order valence-corrected chi connectivity index (χ2v) is 7.64. The van der Waals surface area contributed by atoms with Gasteiger partial charge in [-0.2, -0.15) is 13.2 Å². The number of alkyl halides is 3. The fourth-order valence-corrected chi connectivity index (χ4v) is 3.55. The highest BCUT2D eigenvalue weighted by molar-refractivity contribution is 6.30. The quantitative estimate of drug-likeness (QED) is 0.732. The van der Waals surface area contributed by atoms with Gasteiger partial charge in [0.2, 0.25) is 5.60 Å².